The average Bonchev–Trinajstić information content (AvgIpc) is 2.86. The predicted octanol–water partition coefficient (Wildman–Crippen LogP) is 1.76. The smallest absolute Gasteiger partial charge is 0.136 e. The first-order valence-electron chi connectivity index (χ1n) is 6.21. The van der Waals surface area contributed by atoms with Gasteiger partial charge in [-0.1, -0.05) is 6.07 Å². The Kier molecular flexibility index (Phi) is 2.80. The highest BCUT2D eigenvalue weighted by Crippen LogP contribution is 2.30. The van der Waals surface area contributed by atoms with Crippen molar-refractivity contribution in [2.75, 3.05) is 24.6 Å². The number of aliphatic hydroxyl groups is 1. The van der Waals surface area contributed by atoms with E-state index in [2.05, 4.69) is 9.88 Å². The first kappa shape index (κ1) is 11.3. The van der Waals surface area contributed by atoms with Crippen molar-refractivity contribution in [3.05, 3.63) is 30.5 Å². The van der Waals surface area contributed by atoms with E-state index in [0.29, 0.717) is 5.92 Å². The van der Waals surface area contributed by atoms with E-state index in [1.54, 1.807) is 18.3 Å². The van der Waals surface area contributed by atoms with Crippen molar-refractivity contribution in [1.29, 1.82) is 0 Å². The fraction of sp³-hybridized carbons (Fsp3) is 0.357. The van der Waals surface area contributed by atoms with Gasteiger partial charge in [0.2, 0.25) is 0 Å². The van der Waals surface area contributed by atoms with Gasteiger partial charge in [-0.25, -0.2) is 4.98 Å². The number of pyridine rings is 1. The second kappa shape index (κ2) is 4.46. The minimum atomic E-state index is 0.229. The summed E-state index contributed by atoms with van der Waals surface area (Å²) >= 11 is 0. The van der Waals surface area contributed by atoms with E-state index >= 15 is 0 Å². The van der Waals surface area contributed by atoms with Crippen LogP contribution in [0.5, 0.6) is 5.75 Å². The highest BCUT2D eigenvalue weighted by atomic mass is 16.3. The number of aliphatic hydroxyl groups excluding tert-OH is 1. The highest BCUT2D eigenvalue weighted by Gasteiger charge is 2.23. The third-order valence-corrected chi connectivity index (χ3v) is 3.57. The van der Waals surface area contributed by atoms with Crippen LogP contribution in [-0.2, 0) is 0 Å². The van der Waals surface area contributed by atoms with Gasteiger partial charge >= 0.3 is 0 Å². The molecule has 1 aromatic heterocycles. The standard InChI is InChI=1S/C14H16N2O2/c17-9-10-4-6-16(8-10)14-13-7-12(18)2-1-11(13)3-5-15-14/h1-3,5,7,10,17-18H,4,6,8-9H2. The number of phenols is 1. The number of aromatic hydroxyl groups is 1. The van der Waals surface area contributed by atoms with Crippen LogP contribution in [-0.4, -0.2) is 34.9 Å². The van der Waals surface area contributed by atoms with E-state index in [1.165, 1.54) is 0 Å². The summed E-state index contributed by atoms with van der Waals surface area (Å²) in [6.07, 6.45) is 2.79. The van der Waals surface area contributed by atoms with Crippen LogP contribution in [0.4, 0.5) is 5.82 Å². The SMILES string of the molecule is OCC1CCN(c2nccc3ccc(O)cc23)C1. The molecular weight excluding hydrogens is 228 g/mol. The number of phenolic OH excluding ortho intramolecular Hbond substituents is 1. The van der Waals surface area contributed by atoms with E-state index < -0.39 is 0 Å². The lowest BCUT2D eigenvalue weighted by Crippen LogP contribution is -2.21. The number of rotatable bonds is 2. The second-order valence-corrected chi connectivity index (χ2v) is 4.82. The van der Waals surface area contributed by atoms with Crippen molar-refractivity contribution in [3.63, 3.8) is 0 Å². The highest BCUT2D eigenvalue weighted by molar-refractivity contribution is 5.93. The molecule has 4 heteroatoms. The maximum atomic E-state index is 9.61. The van der Waals surface area contributed by atoms with Gasteiger partial charge in [0.25, 0.3) is 0 Å². The Morgan fingerprint density at radius 1 is 1.33 bits per heavy atom. The lowest BCUT2D eigenvalue weighted by molar-refractivity contribution is 0.238. The Labute approximate surface area is 105 Å². The fourth-order valence-corrected chi connectivity index (χ4v) is 2.57. The molecule has 0 spiro atoms. The molecule has 94 valence electrons. The molecule has 1 fully saturated rings. The molecule has 0 aliphatic carbocycles. The molecule has 1 unspecified atom stereocenters. The Morgan fingerprint density at radius 3 is 3.00 bits per heavy atom. The van der Waals surface area contributed by atoms with Gasteiger partial charge in [0.05, 0.1) is 0 Å². The molecular formula is C14H16N2O2. The maximum absolute atomic E-state index is 9.61. The minimum absolute atomic E-state index is 0.229. The summed E-state index contributed by atoms with van der Waals surface area (Å²) in [5.41, 5.74) is 0. The number of anilines is 1. The molecule has 18 heavy (non-hydrogen) atoms. The molecule has 0 bridgehead atoms. The molecule has 2 N–H and O–H groups in total. The number of hydrogen-bond donors (Lipinski definition) is 2. The molecule has 0 amide bonds. The molecule has 2 heterocycles. The predicted molar refractivity (Wildman–Crippen MR) is 70.8 cm³/mol. The summed E-state index contributed by atoms with van der Waals surface area (Å²) in [5.74, 6) is 1.49. The van der Waals surface area contributed by atoms with Gasteiger partial charge < -0.3 is 15.1 Å². The van der Waals surface area contributed by atoms with Gasteiger partial charge in [-0.05, 0) is 30.0 Å². The molecule has 0 radical (unpaired) electrons. The van der Waals surface area contributed by atoms with Gasteiger partial charge in [0.15, 0.2) is 0 Å². The van der Waals surface area contributed by atoms with E-state index in [9.17, 15) is 10.2 Å². The third-order valence-electron chi connectivity index (χ3n) is 3.57. The van der Waals surface area contributed by atoms with Crippen LogP contribution in [0.2, 0.25) is 0 Å². The molecule has 2 aromatic rings. The van der Waals surface area contributed by atoms with Crippen molar-refractivity contribution in [2.24, 2.45) is 5.92 Å². The van der Waals surface area contributed by atoms with Crippen LogP contribution in [0.3, 0.4) is 0 Å². The molecule has 3 rings (SSSR count). The summed E-state index contributed by atoms with van der Waals surface area (Å²) < 4.78 is 0. The summed E-state index contributed by atoms with van der Waals surface area (Å²) in [7, 11) is 0. The van der Waals surface area contributed by atoms with Crippen molar-refractivity contribution in [3.8, 4) is 5.75 Å². The molecule has 1 aliphatic heterocycles. The molecule has 1 atom stereocenters. The molecule has 1 aliphatic rings. The van der Waals surface area contributed by atoms with Crippen molar-refractivity contribution in [1.82, 2.24) is 4.98 Å². The Balaban J connectivity index is 2.04. The monoisotopic (exact) mass is 244 g/mol. The lowest BCUT2D eigenvalue weighted by Gasteiger charge is -2.19. The zero-order chi connectivity index (χ0) is 12.5. The molecule has 4 nitrogen and oxygen atoms in total. The van der Waals surface area contributed by atoms with Crippen molar-refractivity contribution >= 4 is 16.6 Å². The zero-order valence-electron chi connectivity index (χ0n) is 10.1. The number of hydrogen-bond acceptors (Lipinski definition) is 4. The number of aromatic nitrogens is 1. The van der Waals surface area contributed by atoms with E-state index in [-0.39, 0.29) is 12.4 Å². The fourth-order valence-electron chi connectivity index (χ4n) is 2.57. The van der Waals surface area contributed by atoms with Gasteiger partial charge in [-0.15, -0.1) is 0 Å². The Hall–Kier alpha value is -1.81. The summed E-state index contributed by atoms with van der Waals surface area (Å²) in [6.45, 7) is 1.97. The summed E-state index contributed by atoms with van der Waals surface area (Å²) in [4.78, 5) is 6.62. The summed E-state index contributed by atoms with van der Waals surface area (Å²) in [5, 5.41) is 20.9. The van der Waals surface area contributed by atoms with Gasteiger partial charge in [-0.2, -0.15) is 0 Å². The van der Waals surface area contributed by atoms with Crippen molar-refractivity contribution in [2.45, 2.75) is 6.42 Å². The van der Waals surface area contributed by atoms with Gasteiger partial charge in [0.1, 0.15) is 11.6 Å². The topological polar surface area (TPSA) is 56.6 Å². The Bertz CT molecular complexity index is 571. The quantitative estimate of drug-likeness (QED) is 0.845. The molecule has 1 aromatic carbocycles. The van der Waals surface area contributed by atoms with Crippen LogP contribution in [0, 0.1) is 5.92 Å². The number of benzene rings is 1. The second-order valence-electron chi connectivity index (χ2n) is 4.82. The maximum Gasteiger partial charge on any atom is 0.136 e. The van der Waals surface area contributed by atoms with E-state index in [1.807, 2.05) is 12.1 Å². The minimum Gasteiger partial charge on any atom is -0.508 e. The van der Waals surface area contributed by atoms with Crippen LogP contribution in [0.15, 0.2) is 30.5 Å². The zero-order valence-corrected chi connectivity index (χ0v) is 10.1. The van der Waals surface area contributed by atoms with Gasteiger partial charge in [0, 0.05) is 37.2 Å². The Morgan fingerprint density at radius 2 is 2.22 bits per heavy atom. The van der Waals surface area contributed by atoms with Crippen LogP contribution in [0.1, 0.15) is 6.42 Å². The molecule has 0 saturated carbocycles. The summed E-state index contributed by atoms with van der Waals surface area (Å²) in [6, 6.07) is 7.28. The average molecular weight is 244 g/mol. The van der Waals surface area contributed by atoms with E-state index in [4.69, 9.17) is 0 Å². The van der Waals surface area contributed by atoms with E-state index in [0.717, 1.165) is 36.1 Å². The van der Waals surface area contributed by atoms with Gasteiger partial charge in [-0.3, -0.25) is 0 Å². The van der Waals surface area contributed by atoms with Crippen molar-refractivity contribution < 1.29 is 10.2 Å². The first-order chi connectivity index (χ1) is 8.78. The molecule has 1 saturated heterocycles. The van der Waals surface area contributed by atoms with Crippen LogP contribution < -0.4 is 4.90 Å². The largest absolute Gasteiger partial charge is 0.508 e. The third kappa shape index (κ3) is 1.88. The van der Waals surface area contributed by atoms with Crippen LogP contribution in [0.25, 0.3) is 10.8 Å². The number of nitrogens with zero attached hydrogens (tertiary/aromatic N) is 2. The normalized spacial score (nSPS) is 19.6. The number of fused-ring (bicyclic) bond motifs is 1. The van der Waals surface area contributed by atoms with Crippen LogP contribution >= 0.6 is 0 Å². The lowest BCUT2D eigenvalue weighted by atomic mass is 10.1. The first-order valence-corrected chi connectivity index (χ1v) is 6.21.